The minimum Gasteiger partial charge on any atom is -0.378 e. The number of hydrogen-bond donors (Lipinski definition) is 0. The number of pyridine rings is 1. The van der Waals surface area contributed by atoms with Crippen LogP contribution in [0.3, 0.4) is 0 Å². The molecule has 0 bridgehead atoms. The van der Waals surface area contributed by atoms with Crippen LogP contribution in [-0.4, -0.2) is 41.1 Å². The smallest absolute Gasteiger partial charge is 0.158 e. The molecule has 1 aromatic carbocycles. The Morgan fingerprint density at radius 3 is 2.61 bits per heavy atom. The van der Waals surface area contributed by atoms with E-state index in [1.807, 2.05) is 11.7 Å². The van der Waals surface area contributed by atoms with E-state index < -0.39 is 0 Å². The number of benzene rings is 1. The topological polar surface area (TPSA) is 43.2 Å². The molecule has 0 amide bonds. The molecule has 3 heterocycles. The first kappa shape index (κ1) is 14.7. The summed E-state index contributed by atoms with van der Waals surface area (Å²) < 4.78 is 8.20. The first-order valence-electron chi connectivity index (χ1n) is 7.64. The van der Waals surface area contributed by atoms with E-state index in [1.54, 1.807) is 6.20 Å². The highest BCUT2D eigenvalue weighted by Crippen LogP contribution is 2.30. The number of anilines is 1. The highest BCUT2D eigenvalue weighted by Gasteiger charge is 2.14. The van der Waals surface area contributed by atoms with Crippen molar-refractivity contribution in [1.29, 1.82) is 0 Å². The lowest BCUT2D eigenvalue weighted by molar-refractivity contribution is 0.122. The molecule has 0 radical (unpaired) electrons. The number of halogens is 1. The van der Waals surface area contributed by atoms with Gasteiger partial charge in [0.25, 0.3) is 0 Å². The molecule has 1 saturated heterocycles. The fourth-order valence-corrected chi connectivity index (χ4v) is 3.31. The van der Waals surface area contributed by atoms with E-state index in [1.165, 1.54) is 5.69 Å². The zero-order valence-corrected chi connectivity index (χ0v) is 14.5. The minimum absolute atomic E-state index is 0.798. The first-order valence-corrected chi connectivity index (χ1v) is 8.43. The van der Waals surface area contributed by atoms with Crippen molar-refractivity contribution >= 4 is 32.7 Å². The molecule has 0 aliphatic carbocycles. The Morgan fingerprint density at radius 1 is 1.13 bits per heavy atom. The van der Waals surface area contributed by atoms with E-state index in [0.29, 0.717) is 0 Å². The maximum absolute atomic E-state index is 5.41. The van der Waals surface area contributed by atoms with Gasteiger partial charge in [-0.15, -0.1) is 0 Å². The lowest BCUT2D eigenvalue weighted by Crippen LogP contribution is -2.36. The van der Waals surface area contributed by atoms with Crippen molar-refractivity contribution < 1.29 is 4.74 Å². The van der Waals surface area contributed by atoms with Gasteiger partial charge in [-0.25, -0.2) is 9.67 Å². The molecule has 0 unspecified atom stereocenters. The second kappa shape index (κ2) is 5.94. The van der Waals surface area contributed by atoms with Gasteiger partial charge >= 0.3 is 0 Å². The number of hydrogen-bond acceptors (Lipinski definition) is 4. The van der Waals surface area contributed by atoms with Crippen LogP contribution < -0.4 is 4.90 Å². The summed E-state index contributed by atoms with van der Waals surface area (Å²) in [7, 11) is 1.93. The largest absolute Gasteiger partial charge is 0.378 e. The van der Waals surface area contributed by atoms with Gasteiger partial charge in [0.2, 0.25) is 0 Å². The summed E-state index contributed by atoms with van der Waals surface area (Å²) in [6, 6.07) is 10.7. The Hall–Kier alpha value is -1.92. The molecule has 2 aromatic heterocycles. The van der Waals surface area contributed by atoms with Crippen LogP contribution in [0.15, 0.2) is 41.0 Å². The highest BCUT2D eigenvalue weighted by atomic mass is 79.9. The summed E-state index contributed by atoms with van der Waals surface area (Å²) in [6.45, 7) is 3.49. The molecule has 0 N–H and O–H groups in total. The Balaban J connectivity index is 1.72. The molecule has 0 atom stereocenters. The summed E-state index contributed by atoms with van der Waals surface area (Å²) in [4.78, 5) is 6.80. The molecule has 1 aliphatic rings. The van der Waals surface area contributed by atoms with Gasteiger partial charge in [-0.3, -0.25) is 0 Å². The normalized spacial score (nSPS) is 15.3. The van der Waals surface area contributed by atoms with Crippen molar-refractivity contribution in [1.82, 2.24) is 14.8 Å². The quantitative estimate of drug-likeness (QED) is 0.692. The predicted molar refractivity (Wildman–Crippen MR) is 94.7 cm³/mol. The first-order chi connectivity index (χ1) is 11.2. The molecule has 3 aromatic rings. The van der Waals surface area contributed by atoms with Crippen molar-refractivity contribution in [2.45, 2.75) is 0 Å². The van der Waals surface area contributed by atoms with Gasteiger partial charge in [0.15, 0.2) is 5.65 Å². The molecule has 0 spiro atoms. The monoisotopic (exact) mass is 372 g/mol. The second-order valence-corrected chi connectivity index (χ2v) is 6.56. The SMILES string of the molecule is Cn1nc(-c2ccc(N3CCOCC3)cc2)c2cc(Br)cnc21. The molecular formula is C17H17BrN4O. The van der Waals surface area contributed by atoms with Crippen molar-refractivity contribution in [3.05, 3.63) is 41.0 Å². The van der Waals surface area contributed by atoms with Gasteiger partial charge in [-0.1, -0.05) is 12.1 Å². The number of fused-ring (bicyclic) bond motifs is 1. The van der Waals surface area contributed by atoms with Crippen LogP contribution in [0.5, 0.6) is 0 Å². The van der Waals surface area contributed by atoms with E-state index in [4.69, 9.17) is 4.74 Å². The Labute approximate surface area is 143 Å². The predicted octanol–water partition coefficient (Wildman–Crippen LogP) is 3.23. The molecule has 4 rings (SSSR count). The Morgan fingerprint density at radius 2 is 1.87 bits per heavy atom. The summed E-state index contributed by atoms with van der Waals surface area (Å²) in [5.74, 6) is 0. The number of ether oxygens (including phenoxy) is 1. The standard InChI is InChI=1S/C17H17BrN4O/c1-21-17-15(10-13(18)11-19-17)16(20-21)12-2-4-14(5-3-12)22-6-8-23-9-7-22/h2-5,10-11H,6-9H2,1H3. The average molecular weight is 373 g/mol. The van der Waals surface area contributed by atoms with Crippen LogP contribution in [0.1, 0.15) is 0 Å². The second-order valence-electron chi connectivity index (χ2n) is 5.64. The van der Waals surface area contributed by atoms with Crippen LogP contribution in [-0.2, 0) is 11.8 Å². The van der Waals surface area contributed by atoms with Crippen LogP contribution in [0.2, 0.25) is 0 Å². The third kappa shape index (κ3) is 2.72. The van der Waals surface area contributed by atoms with Gasteiger partial charge < -0.3 is 9.64 Å². The minimum atomic E-state index is 0.798. The van der Waals surface area contributed by atoms with E-state index >= 15 is 0 Å². The fraction of sp³-hybridized carbons (Fsp3) is 0.294. The maximum atomic E-state index is 5.41. The van der Waals surface area contributed by atoms with Gasteiger partial charge in [-0.05, 0) is 34.1 Å². The Kier molecular flexibility index (Phi) is 3.79. The summed E-state index contributed by atoms with van der Waals surface area (Å²) >= 11 is 3.49. The van der Waals surface area contributed by atoms with Crippen molar-refractivity contribution in [3.8, 4) is 11.3 Å². The van der Waals surface area contributed by atoms with Crippen LogP contribution in [0.25, 0.3) is 22.3 Å². The summed E-state index contributed by atoms with van der Waals surface area (Å²) in [6.07, 6.45) is 1.80. The van der Waals surface area contributed by atoms with Gasteiger partial charge in [-0.2, -0.15) is 5.10 Å². The average Bonchev–Trinajstić information content (AvgIpc) is 2.92. The van der Waals surface area contributed by atoms with Crippen molar-refractivity contribution in [3.63, 3.8) is 0 Å². The maximum Gasteiger partial charge on any atom is 0.158 e. The molecule has 5 nitrogen and oxygen atoms in total. The molecule has 23 heavy (non-hydrogen) atoms. The highest BCUT2D eigenvalue weighted by molar-refractivity contribution is 9.10. The van der Waals surface area contributed by atoms with Gasteiger partial charge in [0.05, 0.1) is 13.2 Å². The van der Waals surface area contributed by atoms with E-state index in [2.05, 4.69) is 61.2 Å². The molecule has 1 fully saturated rings. The molecule has 1 aliphatic heterocycles. The van der Waals surface area contributed by atoms with Crippen molar-refractivity contribution in [2.24, 2.45) is 7.05 Å². The number of rotatable bonds is 2. The van der Waals surface area contributed by atoms with Gasteiger partial charge in [0.1, 0.15) is 5.69 Å². The Bertz CT molecular complexity index is 838. The van der Waals surface area contributed by atoms with Crippen LogP contribution in [0, 0.1) is 0 Å². The zero-order valence-electron chi connectivity index (χ0n) is 12.9. The lowest BCUT2D eigenvalue weighted by Gasteiger charge is -2.28. The number of nitrogens with zero attached hydrogens (tertiary/aromatic N) is 4. The number of aromatic nitrogens is 3. The van der Waals surface area contributed by atoms with Crippen LogP contribution >= 0.6 is 15.9 Å². The van der Waals surface area contributed by atoms with E-state index in [-0.39, 0.29) is 0 Å². The van der Waals surface area contributed by atoms with Crippen LogP contribution in [0.4, 0.5) is 5.69 Å². The van der Waals surface area contributed by atoms with Gasteiger partial charge in [0, 0.05) is 47.4 Å². The molecule has 118 valence electrons. The summed E-state index contributed by atoms with van der Waals surface area (Å²) in [5.41, 5.74) is 4.19. The third-order valence-electron chi connectivity index (χ3n) is 4.16. The lowest BCUT2D eigenvalue weighted by atomic mass is 10.1. The van der Waals surface area contributed by atoms with Crippen molar-refractivity contribution in [2.75, 3.05) is 31.2 Å². The van der Waals surface area contributed by atoms with E-state index in [9.17, 15) is 0 Å². The zero-order chi connectivity index (χ0) is 15.8. The van der Waals surface area contributed by atoms with E-state index in [0.717, 1.165) is 53.1 Å². The molecular weight excluding hydrogens is 356 g/mol. The summed E-state index contributed by atoms with van der Waals surface area (Å²) in [5, 5.41) is 5.70. The molecule has 6 heteroatoms. The fourth-order valence-electron chi connectivity index (χ4n) is 2.98. The number of morpholine rings is 1. The molecule has 0 saturated carbocycles. The number of aryl methyl sites for hydroxylation is 1. The third-order valence-corrected chi connectivity index (χ3v) is 4.60.